The molecule has 0 saturated heterocycles. The zero-order valence-electron chi connectivity index (χ0n) is 8.37. The molecular formula is C11H9N4Se-. The molecule has 0 amide bonds. The van der Waals surface area contributed by atoms with Crippen LogP contribution in [0.25, 0.3) is 10.9 Å². The van der Waals surface area contributed by atoms with Gasteiger partial charge in [-0.3, -0.25) is 0 Å². The molecule has 0 unspecified atom stereocenters. The summed E-state index contributed by atoms with van der Waals surface area (Å²) in [6.07, 6.45) is 1.57. The number of fused-ring (bicyclic) bond motifs is 1. The van der Waals surface area contributed by atoms with Crippen LogP contribution in [0.4, 0.5) is 0 Å². The first-order valence-electron chi connectivity index (χ1n) is 4.65. The number of aromatic nitrogens is 1. The van der Waals surface area contributed by atoms with Crippen LogP contribution in [0.1, 0.15) is 5.69 Å². The fraction of sp³-hybridized carbons (Fsp3) is 0. The zero-order valence-corrected chi connectivity index (χ0v) is 10.1. The van der Waals surface area contributed by atoms with Crippen LogP contribution >= 0.6 is 0 Å². The quantitative estimate of drug-likeness (QED) is 0.386. The van der Waals surface area contributed by atoms with E-state index in [0.717, 1.165) is 16.6 Å². The van der Waals surface area contributed by atoms with E-state index < -0.39 is 0 Å². The zero-order chi connectivity index (χ0) is 11.4. The predicted octanol–water partition coefficient (Wildman–Crippen LogP) is 1.05. The van der Waals surface area contributed by atoms with Crippen LogP contribution in [0.15, 0.2) is 46.6 Å². The standard InChI is InChI=1S/C11H10N4Se/c12-11(16)15-13-7-9-6-5-8-3-1-2-4-10(8)14-9/h1-7H,(H3,12,15,16)/p-1/b13-7+. The van der Waals surface area contributed by atoms with Crippen LogP contribution in [0.5, 0.6) is 0 Å². The first-order valence-corrected chi connectivity index (χ1v) is 5.51. The molecule has 1 heterocycles. The second-order valence-corrected chi connectivity index (χ2v) is 3.99. The first kappa shape index (κ1) is 10.8. The topological polar surface area (TPSA) is 63.6 Å². The van der Waals surface area contributed by atoms with Gasteiger partial charge in [0.2, 0.25) is 0 Å². The number of amidine groups is 1. The van der Waals surface area contributed by atoms with Crippen molar-refractivity contribution in [2.45, 2.75) is 0 Å². The van der Waals surface area contributed by atoms with Crippen molar-refractivity contribution in [3.05, 3.63) is 42.1 Å². The van der Waals surface area contributed by atoms with E-state index >= 15 is 0 Å². The number of benzene rings is 1. The van der Waals surface area contributed by atoms with Crippen molar-refractivity contribution in [2.24, 2.45) is 15.9 Å². The number of nitrogens with zero attached hydrogens (tertiary/aromatic N) is 3. The molecule has 0 fully saturated rings. The first-order chi connectivity index (χ1) is 7.75. The molecular weight excluding hydrogens is 267 g/mol. The van der Waals surface area contributed by atoms with Crippen molar-refractivity contribution in [2.75, 3.05) is 0 Å². The van der Waals surface area contributed by atoms with Crippen molar-refractivity contribution in [1.29, 1.82) is 0 Å². The van der Waals surface area contributed by atoms with Gasteiger partial charge < -0.3 is 0 Å². The Labute approximate surface area is 101 Å². The van der Waals surface area contributed by atoms with Gasteiger partial charge in [-0.05, 0) is 0 Å². The molecule has 0 spiro atoms. The van der Waals surface area contributed by atoms with Gasteiger partial charge in [-0.1, -0.05) is 0 Å². The van der Waals surface area contributed by atoms with Crippen molar-refractivity contribution in [3.8, 4) is 0 Å². The molecule has 0 aliphatic carbocycles. The van der Waals surface area contributed by atoms with Crippen LogP contribution < -0.4 is 5.73 Å². The third-order valence-electron chi connectivity index (χ3n) is 1.97. The van der Waals surface area contributed by atoms with Crippen LogP contribution in [-0.4, -0.2) is 31.9 Å². The van der Waals surface area contributed by atoms with Crippen LogP contribution in [-0.2, 0) is 0 Å². The number of hydrogen-bond donors (Lipinski definition) is 1. The van der Waals surface area contributed by atoms with Gasteiger partial charge in [0.15, 0.2) is 0 Å². The summed E-state index contributed by atoms with van der Waals surface area (Å²) in [5, 5.41) is 8.56. The number of rotatable bonds is 2. The maximum atomic E-state index is 5.31. The van der Waals surface area contributed by atoms with E-state index in [1.165, 1.54) is 0 Å². The maximum absolute atomic E-state index is 5.31. The second kappa shape index (κ2) is 4.88. The van der Waals surface area contributed by atoms with Crippen LogP contribution in [0, 0.1) is 0 Å². The minimum atomic E-state index is 0.303. The Hall–Kier alpha value is -1.71. The van der Waals surface area contributed by atoms with E-state index in [-0.39, 0.29) is 0 Å². The van der Waals surface area contributed by atoms with Crippen LogP contribution in [0.3, 0.4) is 0 Å². The van der Waals surface area contributed by atoms with E-state index in [0.29, 0.717) is 4.73 Å². The molecule has 1 aromatic carbocycles. The molecule has 0 atom stereocenters. The van der Waals surface area contributed by atoms with Gasteiger partial charge in [0.1, 0.15) is 0 Å². The van der Waals surface area contributed by atoms with Gasteiger partial charge in [-0.15, -0.1) is 0 Å². The number of nitrogens with two attached hydrogens (primary N) is 1. The number of hydrogen-bond acceptors (Lipinski definition) is 3. The fourth-order valence-electron chi connectivity index (χ4n) is 1.30. The Morgan fingerprint density at radius 2 is 2.06 bits per heavy atom. The van der Waals surface area contributed by atoms with Crippen molar-refractivity contribution >= 4 is 37.9 Å². The van der Waals surface area contributed by atoms with E-state index in [4.69, 9.17) is 5.73 Å². The average Bonchev–Trinajstić information content (AvgIpc) is 2.28. The summed E-state index contributed by atoms with van der Waals surface area (Å²) in [6.45, 7) is 0. The molecule has 2 N–H and O–H groups in total. The Morgan fingerprint density at radius 3 is 2.88 bits per heavy atom. The molecule has 5 heteroatoms. The van der Waals surface area contributed by atoms with E-state index in [2.05, 4.69) is 31.2 Å². The van der Waals surface area contributed by atoms with Gasteiger partial charge >= 0.3 is 101 Å². The van der Waals surface area contributed by atoms with Gasteiger partial charge in [-0.25, -0.2) is 0 Å². The molecule has 4 nitrogen and oxygen atoms in total. The summed E-state index contributed by atoms with van der Waals surface area (Å²) < 4.78 is 0.303. The molecule has 1 aromatic heterocycles. The Bertz CT molecular complexity index is 559. The molecule has 16 heavy (non-hydrogen) atoms. The monoisotopic (exact) mass is 277 g/mol. The van der Waals surface area contributed by atoms with Crippen LogP contribution in [0.2, 0.25) is 0 Å². The predicted molar refractivity (Wildman–Crippen MR) is 66.7 cm³/mol. The summed E-state index contributed by atoms with van der Waals surface area (Å²) in [7, 11) is 0. The molecule has 0 bridgehead atoms. The molecule has 2 rings (SSSR count). The van der Waals surface area contributed by atoms with E-state index in [1.54, 1.807) is 6.21 Å². The van der Waals surface area contributed by atoms with Crippen molar-refractivity contribution in [3.63, 3.8) is 0 Å². The second-order valence-electron chi connectivity index (χ2n) is 3.11. The average molecular weight is 276 g/mol. The molecule has 0 aliphatic rings. The normalized spacial score (nSPS) is 12.4. The van der Waals surface area contributed by atoms with Gasteiger partial charge in [0.05, 0.1) is 0 Å². The van der Waals surface area contributed by atoms with E-state index in [1.807, 2.05) is 36.4 Å². The van der Waals surface area contributed by atoms with E-state index in [9.17, 15) is 0 Å². The Balaban J connectivity index is 2.33. The molecule has 2 aromatic rings. The van der Waals surface area contributed by atoms with Gasteiger partial charge in [0.25, 0.3) is 0 Å². The Kier molecular flexibility index (Phi) is 3.29. The minimum absolute atomic E-state index is 0.303. The third-order valence-corrected chi connectivity index (χ3v) is 2.14. The SMILES string of the molecule is N/C([Se-])=N/N=C/c1ccc2ccccc2n1. The molecule has 0 radical (unpaired) electrons. The van der Waals surface area contributed by atoms with Crippen molar-refractivity contribution in [1.82, 2.24) is 4.98 Å². The molecule has 0 aliphatic heterocycles. The molecule has 0 saturated carbocycles. The van der Waals surface area contributed by atoms with Gasteiger partial charge in [-0.2, -0.15) is 0 Å². The van der Waals surface area contributed by atoms with Crippen molar-refractivity contribution < 1.29 is 0 Å². The number of pyridine rings is 1. The summed E-state index contributed by atoms with van der Waals surface area (Å²) in [6, 6.07) is 11.8. The summed E-state index contributed by atoms with van der Waals surface area (Å²) in [4.78, 5) is 4.40. The third kappa shape index (κ3) is 2.65. The fourth-order valence-corrected chi connectivity index (χ4v) is 1.40. The summed E-state index contributed by atoms with van der Waals surface area (Å²) >= 11 is 2.55. The summed E-state index contributed by atoms with van der Waals surface area (Å²) in [5.41, 5.74) is 7.00. The van der Waals surface area contributed by atoms with Gasteiger partial charge in [0, 0.05) is 0 Å². The number of para-hydroxylation sites is 1. The molecule has 80 valence electrons. The Morgan fingerprint density at radius 1 is 1.25 bits per heavy atom. The summed E-state index contributed by atoms with van der Waals surface area (Å²) in [5.74, 6) is 0.